The lowest BCUT2D eigenvalue weighted by atomic mass is 10.1. The number of rotatable bonds is 3. The molecule has 1 N–H and O–H groups in total. The molecule has 5 nitrogen and oxygen atoms in total. The maximum atomic E-state index is 12.6. The minimum absolute atomic E-state index is 0.0207. The van der Waals surface area contributed by atoms with Gasteiger partial charge < -0.3 is 15.1 Å². The van der Waals surface area contributed by atoms with Crippen molar-refractivity contribution in [3.8, 4) is 0 Å². The van der Waals surface area contributed by atoms with Crippen LogP contribution < -0.4 is 5.32 Å². The molecule has 25 heavy (non-hydrogen) atoms. The molecule has 0 radical (unpaired) electrons. The number of carbonyl (C=O) groups excluding carboxylic acids is 2. The van der Waals surface area contributed by atoms with Gasteiger partial charge in [0.25, 0.3) is 0 Å². The summed E-state index contributed by atoms with van der Waals surface area (Å²) < 4.78 is 0. The number of hydrogen-bond acceptors (Lipinski definition) is 2. The smallest absolute Gasteiger partial charge is 0.317 e. The predicted molar refractivity (Wildman–Crippen MR) is 98.7 cm³/mol. The van der Waals surface area contributed by atoms with Gasteiger partial charge in [-0.25, -0.2) is 4.79 Å². The SMILES string of the molecule is O=C(Cc1ccccc1Cl)N1CCCN(C(=O)NC2CCCC2)CC1. The molecule has 2 fully saturated rings. The summed E-state index contributed by atoms with van der Waals surface area (Å²) >= 11 is 6.15. The minimum Gasteiger partial charge on any atom is -0.341 e. The predicted octanol–water partition coefficient (Wildman–Crippen LogP) is 3.07. The second-order valence-electron chi connectivity index (χ2n) is 6.92. The van der Waals surface area contributed by atoms with E-state index in [1.165, 1.54) is 12.8 Å². The van der Waals surface area contributed by atoms with E-state index in [2.05, 4.69) is 5.32 Å². The van der Waals surface area contributed by atoms with Gasteiger partial charge in [-0.1, -0.05) is 42.6 Å². The maximum absolute atomic E-state index is 12.6. The Morgan fingerprint density at radius 1 is 1.00 bits per heavy atom. The van der Waals surface area contributed by atoms with Crippen molar-refractivity contribution in [1.82, 2.24) is 15.1 Å². The lowest BCUT2D eigenvalue weighted by Crippen LogP contribution is -2.45. The Hall–Kier alpha value is -1.75. The van der Waals surface area contributed by atoms with E-state index in [9.17, 15) is 9.59 Å². The van der Waals surface area contributed by atoms with E-state index in [0.29, 0.717) is 43.7 Å². The van der Waals surface area contributed by atoms with Crippen LogP contribution in [0, 0.1) is 0 Å². The van der Waals surface area contributed by atoms with E-state index < -0.39 is 0 Å². The molecule has 3 rings (SSSR count). The summed E-state index contributed by atoms with van der Waals surface area (Å²) in [4.78, 5) is 28.7. The minimum atomic E-state index is 0.0207. The van der Waals surface area contributed by atoms with Crippen LogP contribution in [0.2, 0.25) is 5.02 Å². The van der Waals surface area contributed by atoms with Gasteiger partial charge in [-0.3, -0.25) is 4.79 Å². The Labute approximate surface area is 154 Å². The normalized spacial score (nSPS) is 18.9. The zero-order valence-corrected chi connectivity index (χ0v) is 15.3. The largest absolute Gasteiger partial charge is 0.341 e. The van der Waals surface area contributed by atoms with Gasteiger partial charge in [0.1, 0.15) is 0 Å². The van der Waals surface area contributed by atoms with Gasteiger partial charge in [-0.2, -0.15) is 0 Å². The average molecular weight is 364 g/mol. The van der Waals surface area contributed by atoms with Crippen molar-refractivity contribution >= 4 is 23.5 Å². The third-order valence-electron chi connectivity index (χ3n) is 5.12. The number of benzene rings is 1. The molecule has 0 spiro atoms. The molecule has 1 aromatic carbocycles. The third kappa shape index (κ3) is 4.88. The van der Waals surface area contributed by atoms with E-state index >= 15 is 0 Å². The standard InChI is InChI=1S/C19H26ClN3O2/c20-17-9-4-1-6-15(17)14-18(24)22-10-5-11-23(13-12-22)19(25)21-16-7-2-3-8-16/h1,4,6,9,16H,2-3,5,7-8,10-14H2,(H,21,25). The lowest BCUT2D eigenvalue weighted by Gasteiger charge is -2.24. The topological polar surface area (TPSA) is 52.7 Å². The molecule has 1 aliphatic carbocycles. The van der Waals surface area contributed by atoms with E-state index in [-0.39, 0.29) is 11.9 Å². The van der Waals surface area contributed by atoms with Crippen LogP contribution in [0.25, 0.3) is 0 Å². The highest BCUT2D eigenvalue weighted by molar-refractivity contribution is 6.31. The highest BCUT2D eigenvalue weighted by Crippen LogP contribution is 2.19. The van der Waals surface area contributed by atoms with E-state index in [4.69, 9.17) is 11.6 Å². The average Bonchev–Trinajstić information content (AvgIpc) is 2.98. The summed E-state index contributed by atoms with van der Waals surface area (Å²) in [7, 11) is 0. The van der Waals surface area contributed by atoms with Gasteiger partial charge in [0.15, 0.2) is 0 Å². The zero-order chi connectivity index (χ0) is 17.6. The molecule has 1 aliphatic heterocycles. The number of urea groups is 1. The molecule has 6 heteroatoms. The van der Waals surface area contributed by atoms with Gasteiger partial charge in [-0.15, -0.1) is 0 Å². The van der Waals surface area contributed by atoms with Gasteiger partial charge in [0, 0.05) is 37.2 Å². The van der Waals surface area contributed by atoms with Crippen molar-refractivity contribution < 1.29 is 9.59 Å². The molecule has 1 saturated carbocycles. The molecule has 1 heterocycles. The quantitative estimate of drug-likeness (QED) is 0.897. The van der Waals surface area contributed by atoms with Crippen LogP contribution >= 0.6 is 11.6 Å². The molecular formula is C19H26ClN3O2. The summed E-state index contributed by atoms with van der Waals surface area (Å²) in [5.41, 5.74) is 0.856. The first-order chi connectivity index (χ1) is 12.1. The molecule has 2 aliphatic rings. The van der Waals surface area contributed by atoms with Crippen molar-refractivity contribution in [2.24, 2.45) is 0 Å². The highest BCUT2D eigenvalue weighted by atomic mass is 35.5. The summed E-state index contributed by atoms with van der Waals surface area (Å²) in [5.74, 6) is 0.0751. The van der Waals surface area contributed by atoms with Crippen molar-refractivity contribution in [2.75, 3.05) is 26.2 Å². The number of halogens is 1. The van der Waals surface area contributed by atoms with Gasteiger partial charge in [-0.05, 0) is 30.9 Å². The fraction of sp³-hybridized carbons (Fsp3) is 0.579. The Morgan fingerprint density at radius 3 is 2.44 bits per heavy atom. The first-order valence-electron chi connectivity index (χ1n) is 9.20. The first kappa shape index (κ1) is 18.1. The van der Waals surface area contributed by atoms with Crippen LogP contribution in [-0.4, -0.2) is 54.0 Å². The van der Waals surface area contributed by atoms with Crippen LogP contribution in [0.5, 0.6) is 0 Å². The van der Waals surface area contributed by atoms with Gasteiger partial charge in [0.05, 0.1) is 6.42 Å². The molecule has 0 aromatic heterocycles. The fourth-order valence-corrected chi connectivity index (χ4v) is 3.83. The van der Waals surface area contributed by atoms with Gasteiger partial charge in [0.2, 0.25) is 5.91 Å². The van der Waals surface area contributed by atoms with Crippen LogP contribution in [0.3, 0.4) is 0 Å². The summed E-state index contributed by atoms with van der Waals surface area (Å²) in [6, 6.07) is 7.80. The molecule has 136 valence electrons. The van der Waals surface area contributed by atoms with Crippen LogP contribution in [-0.2, 0) is 11.2 Å². The summed E-state index contributed by atoms with van der Waals surface area (Å²) in [6.45, 7) is 2.57. The Balaban J connectivity index is 1.51. The first-order valence-corrected chi connectivity index (χ1v) is 9.58. The number of nitrogens with one attached hydrogen (secondary N) is 1. The molecule has 0 atom stereocenters. The second kappa shape index (κ2) is 8.56. The summed E-state index contributed by atoms with van der Waals surface area (Å²) in [5, 5.41) is 3.76. The van der Waals surface area contributed by atoms with E-state index in [1.807, 2.05) is 34.1 Å². The number of hydrogen-bond donors (Lipinski definition) is 1. The van der Waals surface area contributed by atoms with Crippen molar-refractivity contribution in [2.45, 2.75) is 44.6 Å². The molecule has 0 unspecified atom stereocenters. The molecule has 1 saturated heterocycles. The van der Waals surface area contributed by atoms with Crippen molar-refractivity contribution in [3.63, 3.8) is 0 Å². The fourth-order valence-electron chi connectivity index (χ4n) is 3.62. The number of nitrogens with zero attached hydrogens (tertiary/aromatic N) is 2. The lowest BCUT2D eigenvalue weighted by molar-refractivity contribution is -0.130. The van der Waals surface area contributed by atoms with Crippen LogP contribution in [0.15, 0.2) is 24.3 Å². The van der Waals surface area contributed by atoms with Crippen molar-refractivity contribution in [3.05, 3.63) is 34.9 Å². The number of amides is 3. The maximum Gasteiger partial charge on any atom is 0.317 e. The molecular weight excluding hydrogens is 338 g/mol. The third-order valence-corrected chi connectivity index (χ3v) is 5.49. The molecule has 3 amide bonds. The van der Waals surface area contributed by atoms with E-state index in [1.54, 1.807) is 0 Å². The van der Waals surface area contributed by atoms with Crippen LogP contribution in [0.1, 0.15) is 37.7 Å². The summed E-state index contributed by atoms with van der Waals surface area (Å²) in [6.07, 6.45) is 5.70. The Morgan fingerprint density at radius 2 is 1.68 bits per heavy atom. The van der Waals surface area contributed by atoms with Crippen LogP contribution in [0.4, 0.5) is 4.79 Å². The molecule has 1 aromatic rings. The van der Waals surface area contributed by atoms with Crippen molar-refractivity contribution in [1.29, 1.82) is 0 Å². The number of carbonyl (C=O) groups is 2. The Bertz CT molecular complexity index is 616. The monoisotopic (exact) mass is 363 g/mol. The highest BCUT2D eigenvalue weighted by Gasteiger charge is 2.24. The second-order valence-corrected chi connectivity index (χ2v) is 7.33. The molecule has 0 bridgehead atoms. The zero-order valence-electron chi connectivity index (χ0n) is 14.5. The van der Waals surface area contributed by atoms with E-state index in [0.717, 1.165) is 24.8 Å². The Kier molecular flexibility index (Phi) is 6.19. The van der Waals surface area contributed by atoms with Gasteiger partial charge >= 0.3 is 6.03 Å².